The van der Waals surface area contributed by atoms with Crippen molar-refractivity contribution in [2.45, 2.75) is 38.8 Å². The molecule has 2 aliphatic rings. The molecule has 1 fully saturated rings. The number of hydrogen-bond donors (Lipinski definition) is 2. The quantitative estimate of drug-likeness (QED) is 0.910. The molecule has 0 atom stereocenters. The van der Waals surface area contributed by atoms with Crippen LogP contribution >= 0.6 is 11.3 Å². The number of carbonyl (C=O) groups excluding carboxylic acids is 1. The first kappa shape index (κ1) is 14.0. The number of aromatic nitrogens is 1. The van der Waals surface area contributed by atoms with Gasteiger partial charge in [-0.1, -0.05) is 6.92 Å². The van der Waals surface area contributed by atoms with E-state index in [0.717, 1.165) is 54.8 Å². The number of nitrogens with two attached hydrogens (primary N) is 1. The molecule has 0 saturated heterocycles. The minimum atomic E-state index is -0.0452. The fourth-order valence-corrected chi connectivity index (χ4v) is 3.97. The Morgan fingerprint density at radius 1 is 1.55 bits per heavy atom. The second-order valence-electron chi connectivity index (χ2n) is 6.16. The number of amides is 1. The first-order valence-corrected chi connectivity index (χ1v) is 8.71. The summed E-state index contributed by atoms with van der Waals surface area (Å²) < 4.78 is 0. The smallest absolute Gasteiger partial charge is 0.263 e. The molecule has 3 N–H and O–H groups in total. The monoisotopic (exact) mass is 316 g/mol. The SMILES string of the molecule is CCN1CCc2nc3sc(C(=O)NC4CC4)c(N)c3cc2C1. The van der Waals surface area contributed by atoms with Crippen molar-refractivity contribution in [3.05, 3.63) is 22.2 Å². The van der Waals surface area contributed by atoms with E-state index in [4.69, 9.17) is 10.7 Å². The van der Waals surface area contributed by atoms with E-state index in [0.29, 0.717) is 16.6 Å². The van der Waals surface area contributed by atoms with E-state index in [2.05, 4.69) is 23.2 Å². The van der Waals surface area contributed by atoms with E-state index < -0.39 is 0 Å². The largest absolute Gasteiger partial charge is 0.397 e. The molecule has 5 nitrogen and oxygen atoms in total. The van der Waals surface area contributed by atoms with E-state index >= 15 is 0 Å². The summed E-state index contributed by atoms with van der Waals surface area (Å²) in [5.41, 5.74) is 9.23. The lowest BCUT2D eigenvalue weighted by Crippen LogP contribution is -2.30. The molecule has 3 heterocycles. The van der Waals surface area contributed by atoms with Crippen molar-refractivity contribution in [2.24, 2.45) is 0 Å². The van der Waals surface area contributed by atoms with Gasteiger partial charge in [0.05, 0.1) is 5.69 Å². The van der Waals surface area contributed by atoms with Gasteiger partial charge in [-0.25, -0.2) is 4.98 Å². The van der Waals surface area contributed by atoms with Crippen LogP contribution in [-0.2, 0) is 13.0 Å². The Morgan fingerprint density at radius 2 is 2.36 bits per heavy atom. The van der Waals surface area contributed by atoms with Gasteiger partial charge in [0.15, 0.2) is 0 Å². The highest BCUT2D eigenvalue weighted by atomic mass is 32.1. The summed E-state index contributed by atoms with van der Waals surface area (Å²) in [4.78, 5) is 21.0. The normalized spacial score (nSPS) is 18.4. The standard InChI is InChI=1S/C16H20N4OS/c1-2-20-6-5-12-9(8-20)7-11-13(17)14(22-16(11)19-12)15(21)18-10-3-4-10/h7,10H,2-6,8,17H2,1H3,(H,18,21). The van der Waals surface area contributed by atoms with E-state index in [1.807, 2.05) is 0 Å². The number of nitrogen functional groups attached to an aromatic ring is 1. The molecule has 2 aromatic rings. The third kappa shape index (κ3) is 2.36. The minimum Gasteiger partial charge on any atom is -0.397 e. The van der Waals surface area contributed by atoms with Gasteiger partial charge in [-0.15, -0.1) is 11.3 Å². The van der Waals surface area contributed by atoms with Gasteiger partial charge in [0.2, 0.25) is 0 Å². The first-order valence-electron chi connectivity index (χ1n) is 7.89. The van der Waals surface area contributed by atoms with Gasteiger partial charge in [-0.05, 0) is 31.0 Å². The summed E-state index contributed by atoms with van der Waals surface area (Å²) in [7, 11) is 0. The van der Waals surface area contributed by atoms with Crippen LogP contribution < -0.4 is 11.1 Å². The highest BCUT2D eigenvalue weighted by molar-refractivity contribution is 7.21. The molecule has 1 aliphatic heterocycles. The Kier molecular flexibility index (Phi) is 3.31. The van der Waals surface area contributed by atoms with Gasteiger partial charge in [0.1, 0.15) is 9.71 Å². The Bertz CT molecular complexity index is 750. The number of anilines is 1. The zero-order valence-corrected chi connectivity index (χ0v) is 13.5. The third-order valence-electron chi connectivity index (χ3n) is 4.51. The molecular formula is C16H20N4OS. The molecule has 1 saturated carbocycles. The second-order valence-corrected chi connectivity index (χ2v) is 7.16. The highest BCUT2D eigenvalue weighted by Crippen LogP contribution is 2.35. The molecule has 0 bridgehead atoms. The number of likely N-dealkylation sites (N-methyl/N-ethyl adjacent to an activating group) is 1. The summed E-state index contributed by atoms with van der Waals surface area (Å²) in [6.45, 7) is 5.20. The van der Waals surface area contributed by atoms with Crippen molar-refractivity contribution >= 4 is 33.1 Å². The summed E-state index contributed by atoms with van der Waals surface area (Å²) in [6.07, 6.45) is 3.13. The van der Waals surface area contributed by atoms with Crippen molar-refractivity contribution in [1.29, 1.82) is 0 Å². The number of fused-ring (bicyclic) bond motifs is 2. The molecule has 22 heavy (non-hydrogen) atoms. The Hall–Kier alpha value is -1.66. The molecule has 0 spiro atoms. The van der Waals surface area contributed by atoms with Gasteiger partial charge in [-0.3, -0.25) is 9.69 Å². The van der Waals surface area contributed by atoms with Crippen LogP contribution in [0.4, 0.5) is 5.69 Å². The zero-order chi connectivity index (χ0) is 15.3. The van der Waals surface area contributed by atoms with Crippen LogP contribution in [0.25, 0.3) is 10.2 Å². The molecule has 0 unspecified atom stereocenters. The van der Waals surface area contributed by atoms with E-state index in [1.54, 1.807) is 0 Å². The van der Waals surface area contributed by atoms with Crippen molar-refractivity contribution in [1.82, 2.24) is 15.2 Å². The van der Waals surface area contributed by atoms with Crippen LogP contribution in [-0.4, -0.2) is 34.9 Å². The number of thiophene rings is 1. The maximum absolute atomic E-state index is 12.3. The number of rotatable bonds is 3. The average molecular weight is 316 g/mol. The molecule has 6 heteroatoms. The van der Waals surface area contributed by atoms with Crippen LogP contribution in [0.15, 0.2) is 6.07 Å². The Balaban J connectivity index is 1.73. The molecule has 116 valence electrons. The first-order chi connectivity index (χ1) is 10.7. The number of nitrogens with one attached hydrogen (secondary N) is 1. The lowest BCUT2D eigenvalue weighted by Gasteiger charge is -2.26. The third-order valence-corrected chi connectivity index (χ3v) is 5.63. The van der Waals surface area contributed by atoms with E-state index in [9.17, 15) is 4.79 Å². The number of nitrogens with zero attached hydrogens (tertiary/aromatic N) is 2. The fraction of sp³-hybridized carbons (Fsp3) is 0.500. The fourth-order valence-electron chi connectivity index (χ4n) is 2.97. The minimum absolute atomic E-state index is 0.0452. The van der Waals surface area contributed by atoms with Crippen molar-refractivity contribution in [3.63, 3.8) is 0 Å². The van der Waals surface area contributed by atoms with Gasteiger partial charge in [0.25, 0.3) is 5.91 Å². The molecular weight excluding hydrogens is 296 g/mol. The van der Waals surface area contributed by atoms with Crippen LogP contribution in [0, 0.1) is 0 Å². The van der Waals surface area contributed by atoms with Gasteiger partial charge >= 0.3 is 0 Å². The van der Waals surface area contributed by atoms with Crippen LogP contribution in [0.2, 0.25) is 0 Å². The number of pyridine rings is 1. The lowest BCUT2D eigenvalue weighted by atomic mass is 10.0. The molecule has 0 radical (unpaired) electrons. The maximum atomic E-state index is 12.3. The topological polar surface area (TPSA) is 71.2 Å². The summed E-state index contributed by atoms with van der Waals surface area (Å²) >= 11 is 1.42. The van der Waals surface area contributed by atoms with E-state index in [-0.39, 0.29) is 5.91 Å². The van der Waals surface area contributed by atoms with E-state index in [1.165, 1.54) is 16.9 Å². The Labute approximate surface area is 133 Å². The summed E-state index contributed by atoms with van der Waals surface area (Å²) in [5.74, 6) is -0.0452. The van der Waals surface area contributed by atoms with Crippen LogP contribution in [0.1, 0.15) is 40.7 Å². The predicted octanol–water partition coefficient (Wildman–Crippen LogP) is 2.15. The van der Waals surface area contributed by atoms with Crippen molar-refractivity contribution in [3.8, 4) is 0 Å². The number of carbonyl (C=O) groups is 1. The summed E-state index contributed by atoms with van der Waals surface area (Å²) in [6, 6.07) is 2.48. The molecule has 0 aromatic carbocycles. The van der Waals surface area contributed by atoms with Crippen LogP contribution in [0.5, 0.6) is 0 Å². The van der Waals surface area contributed by atoms with Crippen molar-refractivity contribution in [2.75, 3.05) is 18.8 Å². The lowest BCUT2D eigenvalue weighted by molar-refractivity contribution is 0.0956. The summed E-state index contributed by atoms with van der Waals surface area (Å²) in [5, 5.41) is 3.95. The second kappa shape index (κ2) is 5.21. The molecule has 2 aromatic heterocycles. The average Bonchev–Trinajstić information content (AvgIpc) is 3.28. The van der Waals surface area contributed by atoms with Gasteiger partial charge in [-0.2, -0.15) is 0 Å². The Morgan fingerprint density at radius 3 is 3.09 bits per heavy atom. The number of hydrogen-bond acceptors (Lipinski definition) is 5. The zero-order valence-electron chi connectivity index (χ0n) is 12.7. The maximum Gasteiger partial charge on any atom is 0.263 e. The van der Waals surface area contributed by atoms with Crippen molar-refractivity contribution < 1.29 is 4.79 Å². The molecule has 1 aliphatic carbocycles. The predicted molar refractivity (Wildman–Crippen MR) is 89.2 cm³/mol. The van der Waals surface area contributed by atoms with Crippen LogP contribution in [0.3, 0.4) is 0 Å². The van der Waals surface area contributed by atoms with Gasteiger partial charge < -0.3 is 11.1 Å². The molecule has 1 amide bonds. The highest BCUT2D eigenvalue weighted by Gasteiger charge is 2.27. The molecule has 4 rings (SSSR count). The van der Waals surface area contributed by atoms with Gasteiger partial charge in [0, 0.05) is 36.6 Å².